The normalized spacial score (nSPS) is 16.6. The third-order valence-corrected chi connectivity index (χ3v) is 6.69. The van der Waals surface area contributed by atoms with E-state index in [1.54, 1.807) is 22.9 Å². The third-order valence-electron chi connectivity index (χ3n) is 6.69. The van der Waals surface area contributed by atoms with Crippen LogP contribution in [0.1, 0.15) is 45.7 Å². The van der Waals surface area contributed by atoms with Gasteiger partial charge < -0.3 is 14.7 Å². The maximum Gasteiger partial charge on any atom is 0.278 e. The highest BCUT2D eigenvalue weighted by Crippen LogP contribution is 2.38. The molecule has 3 aromatic rings. The van der Waals surface area contributed by atoms with Crippen LogP contribution in [0.4, 0.5) is 0 Å². The van der Waals surface area contributed by atoms with E-state index < -0.39 is 11.2 Å². The summed E-state index contributed by atoms with van der Waals surface area (Å²) in [6, 6.07) is 17.6. The number of pyridine rings is 1. The highest BCUT2D eigenvalue weighted by Gasteiger charge is 2.39. The van der Waals surface area contributed by atoms with Gasteiger partial charge in [-0.3, -0.25) is 19.3 Å². The number of hydrogen-bond donors (Lipinski definition) is 1. The average Bonchev–Trinajstić information content (AvgIpc) is 2.99. The van der Waals surface area contributed by atoms with Crippen LogP contribution in [0.5, 0.6) is 5.75 Å². The van der Waals surface area contributed by atoms with Crippen molar-refractivity contribution in [1.29, 1.82) is 0 Å². The Morgan fingerprint density at radius 1 is 1.00 bits per heavy atom. The second-order valence-corrected chi connectivity index (χ2v) is 8.68. The van der Waals surface area contributed by atoms with Crippen LogP contribution in [0.15, 0.2) is 65.6 Å². The molecule has 2 aliphatic rings. The molecule has 2 heterocycles. The molecule has 1 atom stereocenters. The highest BCUT2D eigenvalue weighted by molar-refractivity contribution is 5.96. The lowest BCUT2D eigenvalue weighted by molar-refractivity contribution is 0.0472. The molecular weight excluding hydrogens is 418 g/mol. The van der Waals surface area contributed by atoms with E-state index in [0.717, 1.165) is 24.0 Å². The Labute approximate surface area is 192 Å². The van der Waals surface area contributed by atoms with Crippen molar-refractivity contribution in [3.63, 3.8) is 0 Å². The van der Waals surface area contributed by atoms with E-state index in [4.69, 9.17) is 4.74 Å². The average molecular weight is 446 g/mol. The third kappa shape index (κ3) is 3.49. The van der Waals surface area contributed by atoms with Crippen molar-refractivity contribution in [1.82, 2.24) is 9.58 Å². The first-order valence-corrected chi connectivity index (χ1v) is 11.2. The molecule has 170 valence electrons. The Morgan fingerprint density at radius 2 is 1.61 bits per heavy atom. The molecule has 0 saturated heterocycles. The molecule has 1 unspecified atom stereocenters. The minimum absolute atomic E-state index is 0.0177. The zero-order chi connectivity index (χ0) is 23.1. The van der Waals surface area contributed by atoms with Crippen molar-refractivity contribution in [2.45, 2.75) is 31.8 Å². The molecule has 7 nitrogen and oxygen atoms in total. The number of hydrogen-bond acceptors (Lipinski definition) is 5. The van der Waals surface area contributed by atoms with Crippen molar-refractivity contribution in [3.8, 4) is 5.75 Å². The van der Waals surface area contributed by atoms with Gasteiger partial charge in [0, 0.05) is 19.4 Å². The molecule has 0 radical (unpaired) electrons. The second-order valence-electron chi connectivity index (χ2n) is 8.68. The lowest BCUT2D eigenvalue weighted by Gasteiger charge is -2.46. The first-order chi connectivity index (χ1) is 16.0. The van der Waals surface area contributed by atoms with Gasteiger partial charge in [0.05, 0.1) is 18.7 Å². The van der Waals surface area contributed by atoms with Gasteiger partial charge >= 0.3 is 0 Å². The number of benzene rings is 2. The van der Waals surface area contributed by atoms with Gasteiger partial charge in [0.2, 0.25) is 5.43 Å². The van der Waals surface area contributed by atoms with Crippen LogP contribution in [0, 0.1) is 0 Å². The molecule has 1 aromatic heterocycles. The number of aromatic hydroxyl groups is 1. The van der Waals surface area contributed by atoms with Gasteiger partial charge in [-0.15, -0.1) is 0 Å². The first-order valence-electron chi connectivity index (χ1n) is 11.2. The van der Waals surface area contributed by atoms with E-state index in [-0.39, 0.29) is 30.4 Å². The Balaban J connectivity index is 1.75. The van der Waals surface area contributed by atoms with Crippen molar-refractivity contribution in [2.75, 3.05) is 25.4 Å². The maximum atomic E-state index is 13.4. The Hall–Kier alpha value is -3.58. The molecule has 1 aliphatic carbocycles. The van der Waals surface area contributed by atoms with Gasteiger partial charge in [-0.25, -0.2) is 0 Å². The summed E-state index contributed by atoms with van der Waals surface area (Å²) in [7, 11) is 1.59. The molecule has 1 N–H and O–H groups in total. The molecule has 7 heteroatoms. The molecule has 0 fully saturated rings. The summed E-state index contributed by atoms with van der Waals surface area (Å²) >= 11 is 0. The van der Waals surface area contributed by atoms with Crippen LogP contribution in [-0.2, 0) is 17.6 Å². The fraction of sp³-hybridized carbons (Fsp3) is 0.308. The molecular formula is C26H27N3O4. The SMILES string of the molecule is COCC(C)N1CN(C2c3ccccc3CCc3ccccc32)n2ccc(=O)c(O)c2C1=O. The minimum Gasteiger partial charge on any atom is -0.502 e. The maximum absolute atomic E-state index is 13.4. The molecule has 33 heavy (non-hydrogen) atoms. The molecule has 1 amide bonds. The second kappa shape index (κ2) is 8.41. The topological polar surface area (TPSA) is 75.0 Å². The van der Waals surface area contributed by atoms with Crippen LogP contribution >= 0.6 is 0 Å². The lowest BCUT2D eigenvalue weighted by atomic mass is 9.94. The van der Waals surface area contributed by atoms with Gasteiger partial charge in [-0.05, 0) is 42.0 Å². The summed E-state index contributed by atoms with van der Waals surface area (Å²) in [6.07, 6.45) is 3.43. The number of ether oxygens (including phenoxy) is 1. The van der Waals surface area contributed by atoms with E-state index in [0.29, 0.717) is 6.61 Å². The summed E-state index contributed by atoms with van der Waals surface area (Å²) in [5, 5.41) is 12.7. The zero-order valence-electron chi connectivity index (χ0n) is 18.8. The molecule has 1 aliphatic heterocycles. The smallest absolute Gasteiger partial charge is 0.278 e. The number of methoxy groups -OCH3 is 1. The van der Waals surface area contributed by atoms with E-state index in [1.165, 1.54) is 17.2 Å². The fourth-order valence-electron chi connectivity index (χ4n) is 5.05. The van der Waals surface area contributed by atoms with Crippen molar-refractivity contribution in [2.24, 2.45) is 0 Å². The number of fused-ring (bicyclic) bond motifs is 3. The monoisotopic (exact) mass is 445 g/mol. The summed E-state index contributed by atoms with van der Waals surface area (Å²) in [5.41, 5.74) is 4.21. The summed E-state index contributed by atoms with van der Waals surface area (Å²) in [5.74, 6) is -0.918. The van der Waals surface area contributed by atoms with Gasteiger partial charge in [0.15, 0.2) is 11.4 Å². The van der Waals surface area contributed by atoms with Crippen LogP contribution < -0.4 is 10.4 Å². The summed E-state index contributed by atoms with van der Waals surface area (Å²) in [4.78, 5) is 27.4. The molecule has 2 aromatic carbocycles. The van der Waals surface area contributed by atoms with Crippen LogP contribution in [0.25, 0.3) is 0 Å². The Kier molecular flexibility index (Phi) is 5.42. The number of carbonyl (C=O) groups excluding carboxylic acids is 1. The quantitative estimate of drug-likeness (QED) is 0.669. The molecule has 5 rings (SSSR count). The van der Waals surface area contributed by atoms with Crippen molar-refractivity contribution in [3.05, 3.63) is 99.0 Å². The predicted molar refractivity (Wildman–Crippen MR) is 125 cm³/mol. The van der Waals surface area contributed by atoms with Gasteiger partial charge in [-0.1, -0.05) is 48.5 Å². The zero-order valence-corrected chi connectivity index (χ0v) is 18.8. The lowest BCUT2D eigenvalue weighted by Crippen LogP contribution is -2.58. The number of rotatable bonds is 4. The number of amides is 1. The van der Waals surface area contributed by atoms with Crippen LogP contribution in [-0.4, -0.2) is 47.0 Å². The minimum atomic E-state index is -0.572. The van der Waals surface area contributed by atoms with Gasteiger partial charge in [0.25, 0.3) is 5.91 Å². The Morgan fingerprint density at radius 3 is 2.21 bits per heavy atom. The predicted octanol–water partition coefficient (Wildman–Crippen LogP) is 2.83. The van der Waals surface area contributed by atoms with E-state index in [2.05, 4.69) is 41.4 Å². The summed E-state index contributed by atoms with van der Waals surface area (Å²) in [6.45, 7) is 2.53. The molecule has 0 spiro atoms. The Bertz CT molecular complexity index is 1220. The summed E-state index contributed by atoms with van der Waals surface area (Å²) < 4.78 is 6.97. The molecule has 0 bridgehead atoms. The van der Waals surface area contributed by atoms with Crippen molar-refractivity contribution < 1.29 is 14.6 Å². The first kappa shape index (κ1) is 21.3. The van der Waals surface area contributed by atoms with E-state index in [1.807, 2.05) is 19.1 Å². The highest BCUT2D eigenvalue weighted by atomic mass is 16.5. The standard InChI is InChI=1S/C26H27N3O4/c1-17(15-33-2)27-16-29(28-14-13-22(30)25(31)24(28)26(27)32)23-20-9-5-3-7-18(20)11-12-19-8-4-6-10-21(19)23/h3-10,13-14,17,23,31H,11-12,15-16H2,1-2H3. The number of aryl methyl sites for hydroxylation is 2. The van der Waals surface area contributed by atoms with E-state index in [9.17, 15) is 14.7 Å². The van der Waals surface area contributed by atoms with E-state index >= 15 is 0 Å². The van der Waals surface area contributed by atoms with Gasteiger partial charge in [0.1, 0.15) is 6.67 Å². The largest absolute Gasteiger partial charge is 0.502 e. The van der Waals surface area contributed by atoms with Crippen LogP contribution in [0.3, 0.4) is 0 Å². The van der Waals surface area contributed by atoms with Crippen LogP contribution in [0.2, 0.25) is 0 Å². The van der Waals surface area contributed by atoms with Gasteiger partial charge in [-0.2, -0.15) is 0 Å². The fourth-order valence-corrected chi connectivity index (χ4v) is 5.05. The van der Waals surface area contributed by atoms with Crippen molar-refractivity contribution >= 4 is 5.91 Å². The number of carbonyl (C=O) groups is 1. The number of aromatic nitrogens is 1. The molecule has 0 saturated carbocycles. The number of nitrogens with zero attached hydrogens (tertiary/aromatic N) is 3.